The first-order valence-corrected chi connectivity index (χ1v) is 4.25. The molecular weight excluding hydrogens is 142 g/mol. The fourth-order valence-corrected chi connectivity index (χ4v) is 1.74. The van der Waals surface area contributed by atoms with Gasteiger partial charge in [0.15, 0.2) is 0 Å². The highest BCUT2D eigenvalue weighted by Gasteiger charge is 2.44. The van der Waals surface area contributed by atoms with E-state index in [1.54, 1.807) is 0 Å². The normalized spacial score (nSPS) is 30.5. The van der Waals surface area contributed by atoms with Crippen LogP contribution in [-0.2, 0) is 4.79 Å². The molecule has 3 nitrogen and oxygen atoms in total. The Morgan fingerprint density at radius 2 is 2.27 bits per heavy atom. The quantitative estimate of drug-likeness (QED) is 0.588. The Labute approximate surface area is 66.0 Å². The van der Waals surface area contributed by atoms with Crippen molar-refractivity contribution in [2.45, 2.75) is 37.8 Å². The first kappa shape index (κ1) is 7.10. The average Bonchev–Trinajstić information content (AvgIpc) is 2.71. The van der Waals surface area contributed by atoms with Gasteiger partial charge in [0.2, 0.25) is 5.91 Å². The van der Waals surface area contributed by atoms with Gasteiger partial charge in [-0.25, -0.2) is 0 Å². The van der Waals surface area contributed by atoms with Crippen molar-refractivity contribution in [1.82, 2.24) is 4.90 Å². The van der Waals surface area contributed by atoms with Crippen LogP contribution in [0.3, 0.4) is 0 Å². The molecule has 2 rings (SSSR count). The van der Waals surface area contributed by atoms with Gasteiger partial charge in [0.25, 0.3) is 0 Å². The summed E-state index contributed by atoms with van der Waals surface area (Å²) >= 11 is 0. The predicted molar refractivity (Wildman–Crippen MR) is 40.0 cm³/mol. The van der Waals surface area contributed by atoms with Gasteiger partial charge in [-0.3, -0.25) is 4.79 Å². The lowest BCUT2D eigenvalue weighted by molar-refractivity contribution is -0.147. The maximum atomic E-state index is 11.0. The standard InChI is InChI=1S/C8H13NO2/c10-4-3-7-5-8(11)9(7)6-1-2-6/h6-7,10H,1-5H2. The Balaban J connectivity index is 1.88. The van der Waals surface area contributed by atoms with Crippen molar-refractivity contribution in [3.8, 4) is 0 Å². The summed E-state index contributed by atoms with van der Waals surface area (Å²) in [5.74, 6) is 0.283. The van der Waals surface area contributed by atoms with Crippen LogP contribution < -0.4 is 0 Å². The molecule has 1 heterocycles. The van der Waals surface area contributed by atoms with Crippen molar-refractivity contribution >= 4 is 5.91 Å². The largest absolute Gasteiger partial charge is 0.396 e. The van der Waals surface area contributed by atoms with E-state index in [-0.39, 0.29) is 12.5 Å². The second-order valence-electron chi connectivity index (χ2n) is 3.40. The van der Waals surface area contributed by atoms with Gasteiger partial charge in [-0.2, -0.15) is 0 Å². The van der Waals surface area contributed by atoms with Gasteiger partial charge in [-0.15, -0.1) is 0 Å². The number of aliphatic hydroxyl groups is 1. The summed E-state index contributed by atoms with van der Waals surface area (Å²) in [6.45, 7) is 0.209. The van der Waals surface area contributed by atoms with Crippen molar-refractivity contribution in [3.63, 3.8) is 0 Å². The molecule has 0 bridgehead atoms. The molecule has 0 spiro atoms. The molecule has 1 saturated carbocycles. The van der Waals surface area contributed by atoms with Gasteiger partial charge in [0.05, 0.1) is 0 Å². The predicted octanol–water partition coefficient (Wildman–Crippen LogP) is 0.132. The number of hydrogen-bond acceptors (Lipinski definition) is 2. The Kier molecular flexibility index (Phi) is 1.60. The monoisotopic (exact) mass is 155 g/mol. The molecule has 1 amide bonds. The van der Waals surface area contributed by atoms with Gasteiger partial charge < -0.3 is 10.0 Å². The van der Waals surface area contributed by atoms with Gasteiger partial charge in [-0.05, 0) is 19.3 Å². The molecule has 0 aromatic rings. The number of likely N-dealkylation sites (tertiary alicyclic amines) is 1. The fraction of sp³-hybridized carbons (Fsp3) is 0.875. The topological polar surface area (TPSA) is 40.5 Å². The van der Waals surface area contributed by atoms with E-state index >= 15 is 0 Å². The van der Waals surface area contributed by atoms with E-state index < -0.39 is 0 Å². The smallest absolute Gasteiger partial charge is 0.225 e. The highest BCUT2D eigenvalue weighted by molar-refractivity contribution is 5.83. The third kappa shape index (κ3) is 1.13. The molecule has 0 radical (unpaired) electrons. The van der Waals surface area contributed by atoms with Crippen molar-refractivity contribution in [2.75, 3.05) is 6.61 Å². The van der Waals surface area contributed by atoms with Gasteiger partial charge >= 0.3 is 0 Å². The zero-order valence-electron chi connectivity index (χ0n) is 6.49. The maximum Gasteiger partial charge on any atom is 0.225 e. The van der Waals surface area contributed by atoms with E-state index in [1.165, 1.54) is 12.8 Å². The molecule has 62 valence electrons. The van der Waals surface area contributed by atoms with Crippen molar-refractivity contribution in [3.05, 3.63) is 0 Å². The van der Waals surface area contributed by atoms with Crippen molar-refractivity contribution < 1.29 is 9.90 Å². The number of carbonyl (C=O) groups is 1. The van der Waals surface area contributed by atoms with Gasteiger partial charge in [0.1, 0.15) is 0 Å². The highest BCUT2D eigenvalue weighted by Crippen LogP contribution is 2.36. The molecule has 0 aromatic heterocycles. The zero-order chi connectivity index (χ0) is 7.84. The molecule has 1 aliphatic heterocycles. The van der Waals surface area contributed by atoms with E-state index in [1.807, 2.05) is 4.90 Å². The van der Waals surface area contributed by atoms with E-state index in [9.17, 15) is 4.79 Å². The third-order valence-corrected chi connectivity index (χ3v) is 2.49. The molecule has 0 aromatic carbocycles. The van der Waals surface area contributed by atoms with Crippen LogP contribution in [0.5, 0.6) is 0 Å². The Bertz CT molecular complexity index is 177. The second-order valence-corrected chi connectivity index (χ2v) is 3.40. The Morgan fingerprint density at radius 1 is 1.55 bits per heavy atom. The molecule has 1 saturated heterocycles. The maximum absolute atomic E-state index is 11.0. The summed E-state index contributed by atoms with van der Waals surface area (Å²) < 4.78 is 0. The minimum Gasteiger partial charge on any atom is -0.396 e. The highest BCUT2D eigenvalue weighted by atomic mass is 16.3. The van der Waals surface area contributed by atoms with Crippen molar-refractivity contribution in [2.24, 2.45) is 0 Å². The molecule has 1 atom stereocenters. The molecule has 2 aliphatic rings. The first-order chi connectivity index (χ1) is 5.33. The van der Waals surface area contributed by atoms with E-state index in [4.69, 9.17) is 5.11 Å². The summed E-state index contributed by atoms with van der Waals surface area (Å²) in [4.78, 5) is 13.0. The van der Waals surface area contributed by atoms with Crippen molar-refractivity contribution in [1.29, 1.82) is 0 Å². The first-order valence-electron chi connectivity index (χ1n) is 4.25. The summed E-state index contributed by atoms with van der Waals surface area (Å²) in [7, 11) is 0. The molecule has 1 aliphatic carbocycles. The molecule has 2 fully saturated rings. The lowest BCUT2D eigenvalue weighted by atomic mass is 9.99. The molecule has 3 heteroatoms. The molecule has 11 heavy (non-hydrogen) atoms. The van der Waals surface area contributed by atoms with Crippen LogP contribution >= 0.6 is 0 Å². The molecule has 1 unspecified atom stereocenters. The number of aliphatic hydroxyl groups excluding tert-OH is 1. The van der Waals surface area contributed by atoms with Gasteiger partial charge in [-0.1, -0.05) is 0 Å². The lowest BCUT2D eigenvalue weighted by Crippen LogP contribution is -2.53. The molecule has 1 N–H and O–H groups in total. The number of rotatable bonds is 3. The summed E-state index contributed by atoms with van der Waals surface area (Å²) in [6, 6.07) is 0.896. The Morgan fingerprint density at radius 3 is 2.73 bits per heavy atom. The van der Waals surface area contributed by atoms with Crippen LogP contribution in [-0.4, -0.2) is 34.6 Å². The SMILES string of the molecule is O=C1CC(CCO)N1C1CC1. The summed E-state index contributed by atoms with van der Waals surface area (Å²) in [5.41, 5.74) is 0. The number of nitrogens with zero attached hydrogens (tertiary/aromatic N) is 1. The second kappa shape index (κ2) is 2.48. The fourth-order valence-electron chi connectivity index (χ4n) is 1.74. The van der Waals surface area contributed by atoms with E-state index in [0.717, 1.165) is 6.42 Å². The minimum absolute atomic E-state index is 0.209. The Hall–Kier alpha value is -0.570. The lowest BCUT2D eigenvalue weighted by Gasteiger charge is -2.40. The minimum atomic E-state index is 0.209. The summed E-state index contributed by atoms with van der Waals surface area (Å²) in [6.07, 6.45) is 3.78. The number of hydrogen-bond donors (Lipinski definition) is 1. The number of amides is 1. The van der Waals surface area contributed by atoms with Crippen LogP contribution in [0.15, 0.2) is 0 Å². The third-order valence-electron chi connectivity index (χ3n) is 2.49. The van der Waals surface area contributed by atoms with Crippen LogP contribution in [0.2, 0.25) is 0 Å². The van der Waals surface area contributed by atoms with E-state index in [2.05, 4.69) is 0 Å². The van der Waals surface area contributed by atoms with Crippen LogP contribution in [0.4, 0.5) is 0 Å². The number of carbonyl (C=O) groups excluding carboxylic acids is 1. The van der Waals surface area contributed by atoms with Crippen LogP contribution in [0, 0.1) is 0 Å². The van der Waals surface area contributed by atoms with E-state index in [0.29, 0.717) is 18.5 Å². The zero-order valence-corrected chi connectivity index (χ0v) is 6.49. The summed E-state index contributed by atoms with van der Waals surface area (Å²) in [5, 5.41) is 8.67. The number of β-lactam (4-membered cyclic amide) rings is 1. The average molecular weight is 155 g/mol. The van der Waals surface area contributed by atoms with Crippen LogP contribution in [0.1, 0.15) is 25.7 Å². The molecular formula is C8H13NO2. The van der Waals surface area contributed by atoms with Gasteiger partial charge in [0, 0.05) is 25.1 Å². The van der Waals surface area contributed by atoms with Crippen LogP contribution in [0.25, 0.3) is 0 Å².